The lowest BCUT2D eigenvalue weighted by atomic mass is 10.1. The van der Waals surface area contributed by atoms with Crippen LogP contribution in [0.15, 0.2) is 59.8 Å². The normalized spacial score (nSPS) is 15.0. The minimum Gasteiger partial charge on any atom is -0.352 e. The molecule has 1 N–H and O–H groups in total. The van der Waals surface area contributed by atoms with E-state index in [1.165, 1.54) is 23.9 Å². The topological polar surface area (TPSA) is 59.3 Å². The molecule has 0 spiro atoms. The van der Waals surface area contributed by atoms with Gasteiger partial charge in [-0.05, 0) is 55.2 Å². The Bertz CT molecular complexity index is 1220. The van der Waals surface area contributed by atoms with Crippen LogP contribution in [0.25, 0.3) is 16.6 Å². The van der Waals surface area contributed by atoms with Gasteiger partial charge in [-0.3, -0.25) is 9.20 Å². The molecule has 5 rings (SSSR count). The van der Waals surface area contributed by atoms with Gasteiger partial charge in [-0.15, -0.1) is 10.2 Å². The zero-order valence-corrected chi connectivity index (χ0v) is 16.6. The number of carbonyl (C=O) groups excluding carboxylic acids is 1. The number of halogens is 1. The third-order valence-electron chi connectivity index (χ3n) is 5.13. The molecule has 1 unspecified atom stereocenters. The number of hydrogen-bond acceptors (Lipinski definition) is 4. The molecule has 1 aliphatic rings. The SMILES string of the molecule is Cc1cc2nnc(SC(C(=O)NC3CC3)c3ccc(F)cc3)n2c2ccccc12. The first-order chi connectivity index (χ1) is 14.1. The van der Waals surface area contributed by atoms with E-state index in [1.54, 1.807) is 12.1 Å². The smallest absolute Gasteiger partial charge is 0.238 e. The Balaban J connectivity index is 1.59. The van der Waals surface area contributed by atoms with Crippen LogP contribution in [0.3, 0.4) is 0 Å². The Morgan fingerprint density at radius 2 is 1.93 bits per heavy atom. The van der Waals surface area contributed by atoms with E-state index in [9.17, 15) is 9.18 Å². The maximum absolute atomic E-state index is 13.4. The Labute approximate surface area is 171 Å². The summed E-state index contributed by atoms with van der Waals surface area (Å²) in [5, 5.41) is 13.0. The summed E-state index contributed by atoms with van der Waals surface area (Å²) in [5.41, 5.74) is 3.60. The van der Waals surface area contributed by atoms with E-state index >= 15 is 0 Å². The van der Waals surface area contributed by atoms with Crippen molar-refractivity contribution in [1.29, 1.82) is 0 Å². The molecule has 2 aromatic heterocycles. The van der Waals surface area contributed by atoms with Crippen molar-refractivity contribution in [2.75, 3.05) is 0 Å². The van der Waals surface area contributed by atoms with Crippen LogP contribution in [0.1, 0.15) is 29.2 Å². The first-order valence-electron chi connectivity index (χ1n) is 9.56. The maximum Gasteiger partial charge on any atom is 0.238 e. The molecule has 1 atom stereocenters. The van der Waals surface area contributed by atoms with Gasteiger partial charge in [0.1, 0.15) is 11.1 Å². The zero-order chi connectivity index (χ0) is 20.0. The Hall–Kier alpha value is -2.93. The number of amides is 1. The second-order valence-corrected chi connectivity index (χ2v) is 8.43. The molecule has 2 heterocycles. The fraction of sp³-hybridized carbons (Fsp3) is 0.227. The summed E-state index contributed by atoms with van der Waals surface area (Å²) in [6, 6.07) is 16.4. The fourth-order valence-electron chi connectivity index (χ4n) is 3.47. The molecule has 5 nitrogen and oxygen atoms in total. The molecule has 146 valence electrons. The lowest BCUT2D eigenvalue weighted by molar-refractivity contribution is -0.120. The van der Waals surface area contributed by atoms with Crippen LogP contribution in [0.2, 0.25) is 0 Å². The molecular weight excluding hydrogens is 387 g/mol. The highest BCUT2D eigenvalue weighted by Gasteiger charge is 2.30. The highest BCUT2D eigenvalue weighted by atomic mass is 32.2. The second kappa shape index (κ2) is 7.15. The van der Waals surface area contributed by atoms with Crippen molar-refractivity contribution >= 4 is 34.2 Å². The van der Waals surface area contributed by atoms with E-state index in [2.05, 4.69) is 21.6 Å². The molecule has 1 saturated carbocycles. The van der Waals surface area contributed by atoms with Gasteiger partial charge >= 0.3 is 0 Å². The van der Waals surface area contributed by atoms with E-state index < -0.39 is 5.25 Å². The predicted molar refractivity (Wildman–Crippen MR) is 111 cm³/mol. The number of hydrogen-bond donors (Lipinski definition) is 1. The largest absolute Gasteiger partial charge is 0.352 e. The van der Waals surface area contributed by atoms with E-state index in [-0.39, 0.29) is 17.8 Å². The molecule has 29 heavy (non-hydrogen) atoms. The molecule has 0 saturated heterocycles. The van der Waals surface area contributed by atoms with Gasteiger partial charge in [0.25, 0.3) is 0 Å². The van der Waals surface area contributed by atoms with Crippen LogP contribution in [0, 0.1) is 12.7 Å². The molecule has 0 bridgehead atoms. The van der Waals surface area contributed by atoms with Crippen LogP contribution >= 0.6 is 11.8 Å². The standard InChI is InChI=1S/C22H19FN4OS/c1-13-12-19-25-26-22(27(19)18-5-3-2-4-17(13)18)29-20(21(28)24-16-10-11-16)14-6-8-15(23)9-7-14/h2-9,12,16,20H,10-11H2,1H3,(H,24,28). The van der Waals surface area contributed by atoms with Crippen molar-refractivity contribution in [3.05, 3.63) is 71.5 Å². The van der Waals surface area contributed by atoms with Gasteiger partial charge < -0.3 is 5.32 Å². The zero-order valence-electron chi connectivity index (χ0n) is 15.8. The van der Waals surface area contributed by atoms with Crippen molar-refractivity contribution in [3.63, 3.8) is 0 Å². The maximum atomic E-state index is 13.4. The molecule has 1 aliphatic carbocycles. The average molecular weight is 406 g/mol. The van der Waals surface area contributed by atoms with Gasteiger partial charge in [-0.1, -0.05) is 42.1 Å². The Morgan fingerprint density at radius 1 is 1.17 bits per heavy atom. The van der Waals surface area contributed by atoms with Crippen molar-refractivity contribution in [1.82, 2.24) is 19.9 Å². The number of para-hydroxylation sites is 1. The van der Waals surface area contributed by atoms with Crippen LogP contribution in [0.5, 0.6) is 0 Å². The number of aromatic nitrogens is 3. The summed E-state index contributed by atoms with van der Waals surface area (Å²) in [5.74, 6) is -0.410. The van der Waals surface area contributed by atoms with Crippen molar-refractivity contribution in [2.45, 2.75) is 36.2 Å². The van der Waals surface area contributed by atoms with Crippen LogP contribution in [-0.2, 0) is 4.79 Å². The lowest BCUT2D eigenvalue weighted by Gasteiger charge is -2.16. The van der Waals surface area contributed by atoms with Crippen molar-refractivity contribution < 1.29 is 9.18 Å². The van der Waals surface area contributed by atoms with E-state index in [4.69, 9.17) is 0 Å². The molecular formula is C22H19FN4OS. The Morgan fingerprint density at radius 3 is 2.69 bits per heavy atom. The summed E-state index contributed by atoms with van der Waals surface area (Å²) in [6.07, 6.45) is 2.01. The number of carbonyl (C=O) groups is 1. The predicted octanol–water partition coefficient (Wildman–Crippen LogP) is 4.44. The third kappa shape index (κ3) is 3.46. The minimum absolute atomic E-state index is 0.0859. The second-order valence-electron chi connectivity index (χ2n) is 7.35. The molecule has 0 aliphatic heterocycles. The summed E-state index contributed by atoms with van der Waals surface area (Å²) in [7, 11) is 0. The number of fused-ring (bicyclic) bond motifs is 3. The van der Waals surface area contributed by atoms with E-state index in [0.29, 0.717) is 5.16 Å². The number of pyridine rings is 1. The quantitative estimate of drug-likeness (QED) is 0.498. The van der Waals surface area contributed by atoms with Crippen molar-refractivity contribution in [2.24, 2.45) is 0 Å². The van der Waals surface area contributed by atoms with Gasteiger partial charge in [0.2, 0.25) is 5.91 Å². The van der Waals surface area contributed by atoms with E-state index in [0.717, 1.165) is 40.5 Å². The molecule has 7 heteroatoms. The van der Waals surface area contributed by atoms with Gasteiger partial charge in [-0.2, -0.15) is 0 Å². The Kier molecular flexibility index (Phi) is 4.47. The highest BCUT2D eigenvalue weighted by Crippen LogP contribution is 2.37. The molecule has 2 aromatic carbocycles. The van der Waals surface area contributed by atoms with Gasteiger partial charge in [0.05, 0.1) is 5.52 Å². The summed E-state index contributed by atoms with van der Waals surface area (Å²) < 4.78 is 15.4. The van der Waals surface area contributed by atoms with Gasteiger partial charge in [0, 0.05) is 11.4 Å². The summed E-state index contributed by atoms with van der Waals surface area (Å²) >= 11 is 1.34. The number of rotatable bonds is 5. The number of benzene rings is 2. The monoisotopic (exact) mass is 406 g/mol. The molecule has 0 radical (unpaired) electrons. The summed E-state index contributed by atoms with van der Waals surface area (Å²) in [4.78, 5) is 13.0. The van der Waals surface area contributed by atoms with Crippen molar-refractivity contribution in [3.8, 4) is 0 Å². The van der Waals surface area contributed by atoms with Crippen LogP contribution < -0.4 is 5.32 Å². The van der Waals surface area contributed by atoms with Crippen LogP contribution in [0.4, 0.5) is 4.39 Å². The average Bonchev–Trinajstić information content (AvgIpc) is 3.45. The third-order valence-corrected chi connectivity index (χ3v) is 6.33. The first-order valence-corrected chi connectivity index (χ1v) is 10.4. The van der Waals surface area contributed by atoms with E-state index in [1.807, 2.05) is 35.6 Å². The number of thioether (sulfide) groups is 1. The number of nitrogens with one attached hydrogen (secondary N) is 1. The molecule has 1 amide bonds. The fourth-order valence-corrected chi connectivity index (χ4v) is 4.54. The molecule has 1 fully saturated rings. The van der Waals surface area contributed by atoms with Crippen LogP contribution in [-0.4, -0.2) is 26.5 Å². The number of nitrogens with zero attached hydrogens (tertiary/aromatic N) is 3. The summed E-state index contributed by atoms with van der Waals surface area (Å²) in [6.45, 7) is 2.05. The minimum atomic E-state index is -0.538. The lowest BCUT2D eigenvalue weighted by Crippen LogP contribution is -2.29. The number of aryl methyl sites for hydroxylation is 1. The van der Waals surface area contributed by atoms with Gasteiger partial charge in [0.15, 0.2) is 10.8 Å². The first kappa shape index (κ1) is 18.1. The molecule has 4 aromatic rings. The van der Waals surface area contributed by atoms with Gasteiger partial charge in [-0.25, -0.2) is 4.39 Å². The highest BCUT2D eigenvalue weighted by molar-refractivity contribution is 8.00.